The monoisotopic (exact) mass is 244 g/mol. The number of aromatic amines is 1. The fourth-order valence-electron chi connectivity index (χ4n) is 1.70. The van der Waals surface area contributed by atoms with Gasteiger partial charge >= 0.3 is 0 Å². The Bertz CT molecular complexity index is 562. The molecule has 0 saturated carbocycles. The van der Waals surface area contributed by atoms with E-state index in [0.29, 0.717) is 11.5 Å². The molecule has 5 nitrogen and oxygen atoms in total. The number of aryl methyl sites for hydroxylation is 1. The van der Waals surface area contributed by atoms with Crippen LogP contribution in [-0.2, 0) is 4.79 Å². The number of amides is 1. The lowest BCUT2D eigenvalue weighted by Gasteiger charge is -2.11. The molecule has 5 heteroatoms. The lowest BCUT2D eigenvalue weighted by molar-refractivity contribution is -0.117. The molecule has 0 aliphatic rings. The van der Waals surface area contributed by atoms with E-state index in [2.05, 4.69) is 15.5 Å². The van der Waals surface area contributed by atoms with Crippen LogP contribution in [0.3, 0.4) is 0 Å². The van der Waals surface area contributed by atoms with Crippen molar-refractivity contribution < 1.29 is 4.79 Å². The number of nitrogen functional groups attached to an aromatic ring is 1. The van der Waals surface area contributed by atoms with Crippen LogP contribution in [0.4, 0.5) is 11.5 Å². The van der Waals surface area contributed by atoms with Crippen LogP contribution in [0.2, 0.25) is 0 Å². The van der Waals surface area contributed by atoms with Gasteiger partial charge in [0.05, 0.1) is 5.92 Å². The smallest absolute Gasteiger partial charge is 0.232 e. The summed E-state index contributed by atoms with van der Waals surface area (Å²) in [6.07, 6.45) is 0. The van der Waals surface area contributed by atoms with Crippen molar-refractivity contribution in [1.82, 2.24) is 10.2 Å². The average Bonchev–Trinajstić information content (AvgIpc) is 2.73. The van der Waals surface area contributed by atoms with Gasteiger partial charge in [-0.1, -0.05) is 12.1 Å². The van der Waals surface area contributed by atoms with Crippen molar-refractivity contribution in [3.8, 4) is 0 Å². The fraction of sp³-hybridized carbons (Fsp3) is 0.231. The summed E-state index contributed by atoms with van der Waals surface area (Å²) in [6.45, 7) is 3.72. The van der Waals surface area contributed by atoms with Gasteiger partial charge in [-0.15, -0.1) is 0 Å². The Morgan fingerprint density at radius 3 is 2.83 bits per heavy atom. The highest BCUT2D eigenvalue weighted by molar-refractivity contribution is 5.94. The quantitative estimate of drug-likeness (QED) is 0.722. The molecule has 0 aliphatic heterocycles. The number of nitrogens with two attached hydrogens (primary N) is 1. The van der Waals surface area contributed by atoms with E-state index in [0.717, 1.165) is 11.3 Å². The predicted octanol–water partition coefficient (Wildman–Crippen LogP) is 2.04. The first-order chi connectivity index (χ1) is 8.56. The van der Waals surface area contributed by atoms with Crippen molar-refractivity contribution in [3.05, 3.63) is 41.6 Å². The number of hydrogen-bond donors (Lipinski definition) is 3. The number of nitrogens with zero attached hydrogens (tertiary/aromatic N) is 1. The van der Waals surface area contributed by atoms with E-state index in [1.165, 1.54) is 0 Å². The third kappa shape index (κ3) is 2.68. The molecule has 2 aromatic rings. The molecule has 1 aromatic carbocycles. The number of benzene rings is 1. The molecule has 18 heavy (non-hydrogen) atoms. The van der Waals surface area contributed by atoms with Crippen molar-refractivity contribution in [3.63, 3.8) is 0 Å². The highest BCUT2D eigenvalue weighted by atomic mass is 16.1. The Hall–Kier alpha value is -2.30. The summed E-state index contributed by atoms with van der Waals surface area (Å²) in [5.74, 6) is 0.158. The second-order valence-electron chi connectivity index (χ2n) is 4.32. The molecule has 94 valence electrons. The minimum Gasteiger partial charge on any atom is -0.399 e. The van der Waals surface area contributed by atoms with Crippen molar-refractivity contribution in [2.45, 2.75) is 19.8 Å². The highest BCUT2D eigenvalue weighted by Gasteiger charge is 2.16. The van der Waals surface area contributed by atoms with E-state index in [-0.39, 0.29) is 11.8 Å². The van der Waals surface area contributed by atoms with Gasteiger partial charge in [-0.05, 0) is 31.5 Å². The van der Waals surface area contributed by atoms with Crippen molar-refractivity contribution >= 4 is 17.4 Å². The first-order valence-electron chi connectivity index (χ1n) is 5.74. The van der Waals surface area contributed by atoms with Crippen molar-refractivity contribution in [2.75, 3.05) is 11.1 Å². The number of hydrogen-bond acceptors (Lipinski definition) is 3. The molecule has 2 rings (SSSR count). The number of rotatable bonds is 3. The van der Waals surface area contributed by atoms with Crippen LogP contribution < -0.4 is 11.1 Å². The molecule has 1 atom stereocenters. The molecule has 0 saturated heterocycles. The zero-order valence-electron chi connectivity index (χ0n) is 10.4. The fourth-order valence-corrected chi connectivity index (χ4v) is 1.70. The first kappa shape index (κ1) is 12.2. The lowest BCUT2D eigenvalue weighted by atomic mass is 10.00. The summed E-state index contributed by atoms with van der Waals surface area (Å²) < 4.78 is 0. The summed E-state index contributed by atoms with van der Waals surface area (Å²) in [7, 11) is 0. The predicted molar refractivity (Wildman–Crippen MR) is 71.2 cm³/mol. The van der Waals surface area contributed by atoms with Gasteiger partial charge in [0.15, 0.2) is 5.82 Å². The molecule has 0 aliphatic carbocycles. The van der Waals surface area contributed by atoms with Gasteiger partial charge in [0.1, 0.15) is 0 Å². The van der Waals surface area contributed by atoms with E-state index in [9.17, 15) is 4.79 Å². The van der Waals surface area contributed by atoms with Crippen LogP contribution in [0.15, 0.2) is 30.3 Å². The molecule has 0 radical (unpaired) electrons. The van der Waals surface area contributed by atoms with Crippen LogP contribution in [0.25, 0.3) is 0 Å². The second-order valence-corrected chi connectivity index (χ2v) is 4.32. The highest BCUT2D eigenvalue weighted by Crippen LogP contribution is 2.19. The molecule has 0 bridgehead atoms. The van der Waals surface area contributed by atoms with E-state index in [1.807, 2.05) is 26.0 Å². The summed E-state index contributed by atoms with van der Waals surface area (Å²) in [6, 6.07) is 9.11. The molecule has 4 N–H and O–H groups in total. The summed E-state index contributed by atoms with van der Waals surface area (Å²) in [5.41, 5.74) is 8.15. The molecular weight excluding hydrogens is 228 g/mol. The molecule has 1 unspecified atom stereocenters. The van der Waals surface area contributed by atoms with E-state index < -0.39 is 0 Å². The number of carbonyl (C=O) groups is 1. The van der Waals surface area contributed by atoms with Gasteiger partial charge in [0.2, 0.25) is 5.91 Å². The maximum atomic E-state index is 12.0. The van der Waals surface area contributed by atoms with Crippen LogP contribution in [0.1, 0.15) is 24.1 Å². The summed E-state index contributed by atoms with van der Waals surface area (Å²) >= 11 is 0. The minimum atomic E-state index is -0.273. The molecule has 1 aromatic heterocycles. The second kappa shape index (κ2) is 4.91. The average molecular weight is 244 g/mol. The topological polar surface area (TPSA) is 83.8 Å². The number of aromatic nitrogens is 2. The third-order valence-electron chi connectivity index (χ3n) is 2.76. The zero-order valence-corrected chi connectivity index (χ0v) is 10.4. The van der Waals surface area contributed by atoms with Gasteiger partial charge in [0, 0.05) is 17.4 Å². The zero-order chi connectivity index (χ0) is 13.1. The van der Waals surface area contributed by atoms with Gasteiger partial charge in [-0.25, -0.2) is 0 Å². The summed E-state index contributed by atoms with van der Waals surface area (Å²) in [5, 5.41) is 9.50. The molecular formula is C13H16N4O. The summed E-state index contributed by atoms with van der Waals surface area (Å²) in [4.78, 5) is 12.0. The Morgan fingerprint density at radius 1 is 1.44 bits per heavy atom. The minimum absolute atomic E-state index is 0.105. The number of nitrogens with one attached hydrogen (secondary N) is 2. The maximum absolute atomic E-state index is 12.0. The van der Waals surface area contributed by atoms with Gasteiger partial charge in [0.25, 0.3) is 0 Å². The molecule has 0 spiro atoms. The van der Waals surface area contributed by atoms with Crippen molar-refractivity contribution in [1.29, 1.82) is 0 Å². The molecule has 1 amide bonds. The Morgan fingerprint density at radius 2 is 2.22 bits per heavy atom. The maximum Gasteiger partial charge on any atom is 0.232 e. The van der Waals surface area contributed by atoms with E-state index in [4.69, 9.17) is 5.73 Å². The number of carbonyl (C=O) groups excluding carboxylic acids is 1. The van der Waals surface area contributed by atoms with E-state index >= 15 is 0 Å². The Balaban J connectivity index is 2.09. The van der Waals surface area contributed by atoms with Crippen LogP contribution in [0, 0.1) is 6.92 Å². The molecule has 1 heterocycles. The largest absolute Gasteiger partial charge is 0.399 e. The van der Waals surface area contributed by atoms with Crippen LogP contribution >= 0.6 is 0 Å². The van der Waals surface area contributed by atoms with Gasteiger partial charge < -0.3 is 11.1 Å². The normalized spacial score (nSPS) is 12.1. The van der Waals surface area contributed by atoms with Crippen molar-refractivity contribution in [2.24, 2.45) is 0 Å². The van der Waals surface area contributed by atoms with Crippen LogP contribution in [0.5, 0.6) is 0 Å². The van der Waals surface area contributed by atoms with E-state index in [1.54, 1.807) is 18.2 Å². The lowest BCUT2D eigenvalue weighted by Crippen LogP contribution is -2.19. The SMILES string of the molecule is Cc1cc(NC(=O)C(C)c2cccc(N)c2)n[nH]1. The number of H-pyrrole nitrogens is 1. The third-order valence-corrected chi connectivity index (χ3v) is 2.76. The first-order valence-corrected chi connectivity index (χ1v) is 5.74. The number of anilines is 2. The Kier molecular flexibility index (Phi) is 3.32. The van der Waals surface area contributed by atoms with Gasteiger partial charge in [-0.2, -0.15) is 5.10 Å². The molecule has 0 fully saturated rings. The van der Waals surface area contributed by atoms with Gasteiger partial charge in [-0.3, -0.25) is 9.89 Å². The standard InChI is InChI=1S/C13H16N4O/c1-8-6-12(17-16-8)15-13(18)9(2)10-4-3-5-11(14)7-10/h3-7,9H,14H2,1-2H3,(H2,15,16,17,18). The van der Waals surface area contributed by atoms with Crippen LogP contribution in [-0.4, -0.2) is 16.1 Å². The Labute approximate surface area is 105 Å².